The van der Waals surface area contributed by atoms with E-state index in [9.17, 15) is 23.3 Å². The van der Waals surface area contributed by atoms with Crippen molar-refractivity contribution in [3.05, 3.63) is 100 Å². The largest absolute Gasteiger partial charge is 0.491 e. The monoisotopic (exact) mass is 974 g/mol. The van der Waals surface area contributed by atoms with E-state index in [0.717, 1.165) is 87.5 Å². The summed E-state index contributed by atoms with van der Waals surface area (Å²) in [5.74, 6) is 0.787. The zero-order valence-electron chi connectivity index (χ0n) is 39.8. The van der Waals surface area contributed by atoms with Gasteiger partial charge in [0.05, 0.1) is 46.4 Å². The van der Waals surface area contributed by atoms with Gasteiger partial charge in [-0.1, -0.05) is 18.2 Å². The van der Waals surface area contributed by atoms with Crippen molar-refractivity contribution in [2.45, 2.75) is 107 Å². The first-order chi connectivity index (χ1) is 33.9. The molecule has 370 valence electrons. The first-order valence-electron chi connectivity index (χ1n) is 25.0. The number of para-hydroxylation sites is 1. The van der Waals surface area contributed by atoms with Crippen LogP contribution in [-0.2, 0) is 19.5 Å². The summed E-state index contributed by atoms with van der Waals surface area (Å²) in [6.45, 7) is 9.46. The van der Waals surface area contributed by atoms with E-state index in [2.05, 4.69) is 62.9 Å². The molecule has 1 amide bonds. The van der Waals surface area contributed by atoms with Crippen LogP contribution in [0.25, 0.3) is 11.0 Å². The smallest absolute Gasteiger partial charge is 0.293 e. The molecule has 3 aromatic carbocycles. The molecule has 5 aromatic rings. The van der Waals surface area contributed by atoms with Gasteiger partial charge in [0, 0.05) is 80.3 Å². The summed E-state index contributed by atoms with van der Waals surface area (Å²) in [5.41, 5.74) is 4.16. The molecule has 0 unspecified atom stereocenters. The van der Waals surface area contributed by atoms with Crippen molar-refractivity contribution in [1.29, 1.82) is 0 Å². The van der Waals surface area contributed by atoms with Gasteiger partial charge < -0.3 is 39.0 Å². The van der Waals surface area contributed by atoms with Gasteiger partial charge in [-0.2, -0.15) is 4.98 Å². The van der Waals surface area contributed by atoms with Crippen molar-refractivity contribution < 1.29 is 37.1 Å². The van der Waals surface area contributed by atoms with Crippen LogP contribution in [0.2, 0.25) is 0 Å². The average Bonchev–Trinajstić information content (AvgIpc) is 4.03. The van der Waals surface area contributed by atoms with Gasteiger partial charge in [0.25, 0.3) is 21.6 Å². The number of H-pyrrole nitrogens is 1. The Labute approximate surface area is 408 Å². The number of carbonyl (C=O) groups is 1. The summed E-state index contributed by atoms with van der Waals surface area (Å²) in [6.07, 6.45) is 10.6. The fourth-order valence-corrected chi connectivity index (χ4v) is 12.9. The third kappa shape index (κ3) is 9.03. The molecule has 3 atom stereocenters. The average molecular weight is 975 g/mol. The number of nitro benzene ring substituents is 1. The lowest BCUT2D eigenvalue weighted by molar-refractivity contribution is -0.384. The predicted molar refractivity (Wildman–Crippen MR) is 266 cm³/mol. The van der Waals surface area contributed by atoms with Crippen LogP contribution >= 0.6 is 0 Å². The Morgan fingerprint density at radius 1 is 0.957 bits per heavy atom. The Balaban J connectivity index is 0.867. The van der Waals surface area contributed by atoms with Crippen LogP contribution < -0.4 is 29.3 Å². The maximum absolute atomic E-state index is 14.7. The van der Waals surface area contributed by atoms with E-state index in [4.69, 9.17) is 23.9 Å². The molecule has 18 heteroatoms. The summed E-state index contributed by atoms with van der Waals surface area (Å²) in [4.78, 5) is 41.1. The van der Waals surface area contributed by atoms with E-state index in [1.54, 1.807) is 6.07 Å². The number of nitro groups is 1. The number of amides is 1. The van der Waals surface area contributed by atoms with Gasteiger partial charge in [-0.15, -0.1) is 0 Å². The zero-order valence-corrected chi connectivity index (χ0v) is 40.6. The lowest BCUT2D eigenvalue weighted by Gasteiger charge is -2.56. The molecule has 3 N–H and O–H groups in total. The number of likely N-dealkylation sites (tertiary alicyclic amines) is 1. The molecular formula is C52H62N8O9S. The summed E-state index contributed by atoms with van der Waals surface area (Å²) in [7, 11) is -4.60. The number of fused-ring (bicyclic) bond motifs is 3. The number of rotatable bonds is 13. The van der Waals surface area contributed by atoms with E-state index < -0.39 is 31.4 Å². The second-order valence-electron chi connectivity index (χ2n) is 20.3. The van der Waals surface area contributed by atoms with Crippen molar-refractivity contribution in [1.82, 2.24) is 19.6 Å². The number of hydrogen-bond donors (Lipinski definition) is 3. The number of nitrogens with zero attached hydrogens (tertiary/aromatic N) is 5. The van der Waals surface area contributed by atoms with Gasteiger partial charge >= 0.3 is 0 Å². The van der Waals surface area contributed by atoms with Crippen LogP contribution in [0, 0.1) is 21.4 Å². The molecule has 17 nitrogen and oxygen atoms in total. The van der Waals surface area contributed by atoms with Crippen LogP contribution in [0.5, 0.6) is 11.6 Å². The Kier molecular flexibility index (Phi) is 12.6. The second kappa shape index (κ2) is 19.0. The molecule has 2 aromatic heterocycles. The number of aromatic nitrogens is 2. The predicted octanol–water partition coefficient (Wildman–Crippen LogP) is 8.49. The molecular weight excluding hydrogens is 913 g/mol. The third-order valence-electron chi connectivity index (χ3n) is 15.6. The number of sulfonamides is 1. The van der Waals surface area contributed by atoms with Crippen molar-refractivity contribution in [2.24, 2.45) is 11.3 Å². The highest BCUT2D eigenvalue weighted by Crippen LogP contribution is 2.55. The van der Waals surface area contributed by atoms with Crippen molar-refractivity contribution in [2.75, 3.05) is 67.7 Å². The number of ether oxygens (including phenoxy) is 4. The number of hydrogen-bond acceptors (Lipinski definition) is 14. The summed E-state index contributed by atoms with van der Waals surface area (Å²) in [5, 5.41) is 16.3. The SMILES string of the molecule is CC(C)Oc1ccccc1[C@@H]1CCCN1C1CC2(CCN(c3ccc(C(=O)NS(=O)(=O)c4ccc(NCC5CCOCC5)c([N+](=O)[O-])c4)c(N4c5cc6cc[nH]c6nc5O[C@@H]5CCOC[C@H]54)c3)CC2)C1. The van der Waals surface area contributed by atoms with Gasteiger partial charge in [0.15, 0.2) is 0 Å². The highest BCUT2D eigenvalue weighted by Gasteiger charge is 2.50. The number of carbonyl (C=O) groups excluding carboxylic acids is 1. The van der Waals surface area contributed by atoms with Crippen LogP contribution in [0.3, 0.4) is 0 Å². The van der Waals surface area contributed by atoms with Crippen LogP contribution in [-0.4, -0.2) is 111 Å². The summed E-state index contributed by atoms with van der Waals surface area (Å²) < 4.78 is 54.9. The number of aromatic amines is 1. The van der Waals surface area contributed by atoms with Crippen LogP contribution in [0.15, 0.2) is 83.9 Å². The highest BCUT2D eigenvalue weighted by atomic mass is 32.2. The molecule has 7 heterocycles. The Morgan fingerprint density at radius 3 is 2.56 bits per heavy atom. The van der Waals surface area contributed by atoms with Gasteiger partial charge in [0.2, 0.25) is 5.88 Å². The number of anilines is 4. The number of benzene rings is 3. The van der Waals surface area contributed by atoms with Crippen LogP contribution in [0.1, 0.15) is 93.6 Å². The lowest BCUT2D eigenvalue weighted by atomic mass is 9.60. The minimum atomic E-state index is -4.60. The molecule has 1 aliphatic carbocycles. The fraction of sp³-hybridized carbons (Fsp3) is 0.500. The topological polar surface area (TPSA) is 194 Å². The van der Waals surface area contributed by atoms with E-state index in [1.807, 2.05) is 35.4 Å². The quantitative estimate of drug-likeness (QED) is 0.0751. The molecule has 70 heavy (non-hydrogen) atoms. The molecule has 0 radical (unpaired) electrons. The zero-order chi connectivity index (χ0) is 48.1. The van der Waals surface area contributed by atoms with Gasteiger partial charge in [-0.25, -0.2) is 13.1 Å². The molecule has 6 aliphatic rings. The lowest BCUT2D eigenvalue weighted by Crippen LogP contribution is -2.55. The highest BCUT2D eigenvalue weighted by molar-refractivity contribution is 7.90. The molecule has 5 fully saturated rings. The van der Waals surface area contributed by atoms with Crippen molar-refractivity contribution >= 4 is 55.4 Å². The van der Waals surface area contributed by atoms with Crippen molar-refractivity contribution in [3.63, 3.8) is 0 Å². The maximum Gasteiger partial charge on any atom is 0.293 e. The maximum atomic E-state index is 14.7. The van der Waals surface area contributed by atoms with Gasteiger partial charge in [-0.05, 0) is 132 Å². The van der Waals surface area contributed by atoms with E-state index in [-0.39, 0.29) is 40.8 Å². The minimum absolute atomic E-state index is 0.110. The Morgan fingerprint density at radius 2 is 1.76 bits per heavy atom. The third-order valence-corrected chi connectivity index (χ3v) is 17.0. The second-order valence-corrected chi connectivity index (χ2v) is 22.0. The Bertz CT molecular complexity index is 2870. The molecule has 1 spiro atoms. The normalized spacial score (nSPS) is 22.9. The van der Waals surface area contributed by atoms with E-state index in [0.29, 0.717) is 74.4 Å². The van der Waals surface area contributed by atoms with Crippen LogP contribution in [0.4, 0.5) is 28.4 Å². The minimum Gasteiger partial charge on any atom is -0.491 e. The Hall–Kier alpha value is -5.95. The van der Waals surface area contributed by atoms with E-state index >= 15 is 0 Å². The standard InChI is InChI=1S/C52H62N8O9S/c1-33(2)68-47-8-4-3-6-39(47)42-7-5-20-58(42)37-29-52(30-37)17-21-57(22-18-52)36-9-11-40(43(27-36)59-45-26-35-13-19-53-49(35)55-51(45)69-48-16-25-67-32-46(48)59)50(61)56-70(64,65)38-10-12-41(44(28-38)60(62)63)54-31-34-14-23-66-24-15-34/h3-4,6,8-13,19,26-28,33-34,37,42,46,48,54H,5,7,14-18,20-25,29-32H2,1-2H3,(H,53,55)(H,56,61)/t42-,46+,48+/m0/s1. The molecule has 0 bridgehead atoms. The molecule has 11 rings (SSSR count). The number of pyridine rings is 1. The molecule has 4 saturated heterocycles. The number of nitrogens with one attached hydrogen (secondary N) is 3. The molecule has 5 aliphatic heterocycles. The first-order valence-corrected chi connectivity index (χ1v) is 26.5. The summed E-state index contributed by atoms with van der Waals surface area (Å²) in [6, 6.07) is 22.2. The fourth-order valence-electron chi connectivity index (χ4n) is 12.0. The first kappa shape index (κ1) is 46.4. The van der Waals surface area contributed by atoms with Gasteiger partial charge in [0.1, 0.15) is 28.9 Å². The molecule has 1 saturated carbocycles. The summed E-state index contributed by atoms with van der Waals surface area (Å²) >= 11 is 0. The van der Waals surface area contributed by atoms with Gasteiger partial charge in [-0.3, -0.25) is 19.8 Å². The van der Waals surface area contributed by atoms with E-state index in [1.165, 1.54) is 24.1 Å². The van der Waals surface area contributed by atoms with Crippen molar-refractivity contribution in [3.8, 4) is 11.6 Å². The number of piperidine rings is 1.